The molecule has 0 atom stereocenters. The average molecular weight is 386 g/mol. The first-order valence-corrected chi connectivity index (χ1v) is 9.09. The lowest BCUT2D eigenvalue weighted by Crippen LogP contribution is -2.48. The molecule has 0 saturated carbocycles. The molecule has 0 unspecified atom stereocenters. The smallest absolute Gasteiger partial charge is 0.254 e. The molecular weight excluding hydrogens is 360 g/mol. The summed E-state index contributed by atoms with van der Waals surface area (Å²) in [6.07, 6.45) is 0. The van der Waals surface area contributed by atoms with Gasteiger partial charge in [-0.2, -0.15) is 0 Å². The first kappa shape index (κ1) is 19.7. The van der Waals surface area contributed by atoms with Crippen molar-refractivity contribution in [1.29, 1.82) is 0 Å². The van der Waals surface area contributed by atoms with E-state index >= 15 is 0 Å². The standard InChI is InChI=1S/C21H26N2O5/c1-25-17-11-15(12-18(14-17)26-2)21(24)23-9-7-22(8-10-23)16-5-6-19(27-3)20(13-16)28-4/h5-6,11-14H,7-10H2,1-4H3. The normalized spacial score (nSPS) is 13.9. The highest BCUT2D eigenvalue weighted by Gasteiger charge is 2.24. The third-order valence-electron chi connectivity index (χ3n) is 4.90. The predicted octanol–water partition coefficient (Wildman–Crippen LogP) is 2.68. The van der Waals surface area contributed by atoms with Crippen LogP contribution in [0.2, 0.25) is 0 Å². The molecule has 150 valence electrons. The van der Waals surface area contributed by atoms with Gasteiger partial charge in [-0.05, 0) is 24.3 Å². The van der Waals surface area contributed by atoms with Gasteiger partial charge >= 0.3 is 0 Å². The highest BCUT2D eigenvalue weighted by Crippen LogP contribution is 2.32. The molecular formula is C21H26N2O5. The number of anilines is 1. The summed E-state index contributed by atoms with van der Waals surface area (Å²) in [5.74, 6) is 2.58. The number of hydrogen-bond donors (Lipinski definition) is 0. The average Bonchev–Trinajstić information content (AvgIpc) is 2.77. The number of ether oxygens (including phenoxy) is 4. The van der Waals surface area contributed by atoms with E-state index in [0.717, 1.165) is 18.8 Å². The van der Waals surface area contributed by atoms with Crippen molar-refractivity contribution >= 4 is 11.6 Å². The van der Waals surface area contributed by atoms with Crippen LogP contribution in [-0.2, 0) is 0 Å². The fourth-order valence-electron chi connectivity index (χ4n) is 3.30. The summed E-state index contributed by atoms with van der Waals surface area (Å²) in [5, 5.41) is 0. The van der Waals surface area contributed by atoms with E-state index in [2.05, 4.69) is 4.90 Å². The van der Waals surface area contributed by atoms with Crippen molar-refractivity contribution in [3.63, 3.8) is 0 Å². The molecule has 1 saturated heterocycles. The number of methoxy groups -OCH3 is 4. The zero-order valence-corrected chi connectivity index (χ0v) is 16.7. The molecule has 7 nitrogen and oxygen atoms in total. The van der Waals surface area contributed by atoms with E-state index in [1.54, 1.807) is 46.6 Å². The Kier molecular flexibility index (Phi) is 6.13. The second-order valence-electron chi connectivity index (χ2n) is 6.42. The van der Waals surface area contributed by atoms with Crippen LogP contribution in [0.25, 0.3) is 0 Å². The summed E-state index contributed by atoms with van der Waals surface area (Å²) in [4.78, 5) is 17.0. The number of carbonyl (C=O) groups excluding carboxylic acids is 1. The Morgan fingerprint density at radius 1 is 0.750 bits per heavy atom. The molecule has 0 radical (unpaired) electrons. The number of carbonyl (C=O) groups is 1. The molecule has 1 aliphatic heterocycles. The molecule has 0 N–H and O–H groups in total. The van der Waals surface area contributed by atoms with Crippen LogP contribution in [0.4, 0.5) is 5.69 Å². The molecule has 3 rings (SSSR count). The van der Waals surface area contributed by atoms with Crippen LogP contribution in [0.3, 0.4) is 0 Å². The first-order valence-electron chi connectivity index (χ1n) is 9.09. The van der Waals surface area contributed by atoms with Gasteiger partial charge in [0.05, 0.1) is 28.4 Å². The minimum Gasteiger partial charge on any atom is -0.497 e. The van der Waals surface area contributed by atoms with Crippen LogP contribution in [0, 0.1) is 0 Å². The van der Waals surface area contributed by atoms with Gasteiger partial charge in [-0.1, -0.05) is 0 Å². The van der Waals surface area contributed by atoms with Gasteiger partial charge in [-0.25, -0.2) is 0 Å². The molecule has 1 heterocycles. The Balaban J connectivity index is 1.69. The van der Waals surface area contributed by atoms with Crippen LogP contribution in [0.5, 0.6) is 23.0 Å². The summed E-state index contributed by atoms with van der Waals surface area (Å²) in [5.41, 5.74) is 1.61. The highest BCUT2D eigenvalue weighted by molar-refractivity contribution is 5.95. The van der Waals surface area contributed by atoms with Gasteiger partial charge in [0.15, 0.2) is 11.5 Å². The van der Waals surface area contributed by atoms with Gasteiger partial charge in [0.2, 0.25) is 0 Å². The van der Waals surface area contributed by atoms with Crippen LogP contribution in [0.1, 0.15) is 10.4 Å². The summed E-state index contributed by atoms with van der Waals surface area (Å²) >= 11 is 0. The molecule has 1 fully saturated rings. The molecule has 1 aliphatic rings. The van der Waals surface area contributed by atoms with Gasteiger partial charge in [0, 0.05) is 49.6 Å². The number of piperazine rings is 1. The minimum atomic E-state index is -0.0239. The lowest BCUT2D eigenvalue weighted by molar-refractivity contribution is 0.0746. The lowest BCUT2D eigenvalue weighted by Gasteiger charge is -2.36. The van der Waals surface area contributed by atoms with Crippen molar-refractivity contribution in [3.05, 3.63) is 42.0 Å². The zero-order chi connectivity index (χ0) is 20.1. The molecule has 1 amide bonds. The maximum atomic E-state index is 12.9. The summed E-state index contributed by atoms with van der Waals surface area (Å²) in [7, 11) is 6.39. The Labute approximate surface area is 165 Å². The van der Waals surface area contributed by atoms with E-state index < -0.39 is 0 Å². The summed E-state index contributed by atoms with van der Waals surface area (Å²) in [6.45, 7) is 2.74. The summed E-state index contributed by atoms with van der Waals surface area (Å²) < 4.78 is 21.2. The van der Waals surface area contributed by atoms with Crippen molar-refractivity contribution in [3.8, 4) is 23.0 Å². The largest absolute Gasteiger partial charge is 0.497 e. The van der Waals surface area contributed by atoms with Crippen LogP contribution in [0.15, 0.2) is 36.4 Å². The molecule has 0 spiro atoms. The van der Waals surface area contributed by atoms with Crippen molar-refractivity contribution in [2.45, 2.75) is 0 Å². The third-order valence-corrected chi connectivity index (χ3v) is 4.90. The quantitative estimate of drug-likeness (QED) is 0.761. The molecule has 0 aromatic heterocycles. The highest BCUT2D eigenvalue weighted by atomic mass is 16.5. The molecule has 2 aromatic carbocycles. The van der Waals surface area contributed by atoms with E-state index in [1.165, 1.54) is 0 Å². The van der Waals surface area contributed by atoms with Crippen molar-refractivity contribution < 1.29 is 23.7 Å². The molecule has 0 bridgehead atoms. The fourth-order valence-corrected chi connectivity index (χ4v) is 3.30. The van der Waals surface area contributed by atoms with Gasteiger partial charge in [-0.15, -0.1) is 0 Å². The Bertz CT molecular complexity index is 809. The third kappa shape index (κ3) is 4.08. The molecule has 0 aliphatic carbocycles. The zero-order valence-electron chi connectivity index (χ0n) is 16.7. The van der Waals surface area contributed by atoms with E-state index in [-0.39, 0.29) is 5.91 Å². The van der Waals surface area contributed by atoms with Crippen molar-refractivity contribution in [2.75, 3.05) is 59.5 Å². The second-order valence-corrected chi connectivity index (χ2v) is 6.42. The van der Waals surface area contributed by atoms with E-state index in [1.807, 2.05) is 23.1 Å². The SMILES string of the molecule is COc1cc(OC)cc(C(=O)N2CCN(c3ccc(OC)c(OC)c3)CC2)c1. The van der Waals surface area contributed by atoms with Crippen molar-refractivity contribution in [2.24, 2.45) is 0 Å². The van der Waals surface area contributed by atoms with Crippen molar-refractivity contribution in [1.82, 2.24) is 4.90 Å². The monoisotopic (exact) mass is 386 g/mol. The van der Waals surface area contributed by atoms with E-state index in [9.17, 15) is 4.79 Å². The number of amides is 1. The number of hydrogen-bond acceptors (Lipinski definition) is 6. The number of nitrogens with zero attached hydrogens (tertiary/aromatic N) is 2. The van der Waals surface area contributed by atoms with Gasteiger partial charge < -0.3 is 28.7 Å². The van der Waals surface area contributed by atoms with Crippen LogP contribution < -0.4 is 23.8 Å². The Hall–Kier alpha value is -3.09. The molecule has 2 aromatic rings. The predicted molar refractivity (Wildman–Crippen MR) is 107 cm³/mol. The molecule has 28 heavy (non-hydrogen) atoms. The first-order chi connectivity index (χ1) is 13.6. The van der Waals surface area contributed by atoms with E-state index in [4.69, 9.17) is 18.9 Å². The topological polar surface area (TPSA) is 60.5 Å². The Morgan fingerprint density at radius 3 is 1.89 bits per heavy atom. The van der Waals surface area contributed by atoms with Crippen LogP contribution >= 0.6 is 0 Å². The Morgan fingerprint density at radius 2 is 1.36 bits per heavy atom. The minimum absolute atomic E-state index is 0.0239. The number of benzene rings is 2. The summed E-state index contributed by atoms with van der Waals surface area (Å²) in [6, 6.07) is 11.1. The fraction of sp³-hybridized carbons (Fsp3) is 0.381. The van der Waals surface area contributed by atoms with Gasteiger partial charge in [0.1, 0.15) is 11.5 Å². The van der Waals surface area contributed by atoms with Crippen LogP contribution in [-0.4, -0.2) is 65.4 Å². The number of rotatable bonds is 6. The maximum absolute atomic E-state index is 12.9. The van der Waals surface area contributed by atoms with E-state index in [0.29, 0.717) is 41.7 Å². The molecule has 7 heteroatoms. The lowest BCUT2D eigenvalue weighted by atomic mass is 10.1. The van der Waals surface area contributed by atoms with Gasteiger partial charge in [0.25, 0.3) is 5.91 Å². The maximum Gasteiger partial charge on any atom is 0.254 e. The second kappa shape index (κ2) is 8.73. The van der Waals surface area contributed by atoms with Gasteiger partial charge in [-0.3, -0.25) is 4.79 Å².